The van der Waals surface area contributed by atoms with Crippen molar-refractivity contribution in [2.75, 3.05) is 6.26 Å². The van der Waals surface area contributed by atoms with Crippen molar-refractivity contribution >= 4 is 33.6 Å². The fourth-order valence-electron chi connectivity index (χ4n) is 4.70. The van der Waals surface area contributed by atoms with Crippen LogP contribution in [0.25, 0.3) is 22.2 Å². The molecule has 2 fully saturated rings. The van der Waals surface area contributed by atoms with Gasteiger partial charge in [-0.3, -0.25) is 13.8 Å². The Balaban J connectivity index is 1.38. The molecule has 0 radical (unpaired) electrons. The molecule has 0 aliphatic heterocycles. The van der Waals surface area contributed by atoms with E-state index in [1.165, 1.54) is 0 Å². The Morgan fingerprint density at radius 3 is 2.31 bits per heavy atom. The maximum atomic E-state index is 13.2. The molecule has 1 atom stereocenters. The van der Waals surface area contributed by atoms with Gasteiger partial charge in [0, 0.05) is 22.0 Å². The highest BCUT2D eigenvalue weighted by molar-refractivity contribution is 7.84. The van der Waals surface area contributed by atoms with Gasteiger partial charge >= 0.3 is 0 Å². The van der Waals surface area contributed by atoms with Crippen molar-refractivity contribution in [3.63, 3.8) is 0 Å². The Bertz CT molecular complexity index is 1360. The van der Waals surface area contributed by atoms with E-state index in [9.17, 15) is 19.1 Å². The van der Waals surface area contributed by atoms with Crippen LogP contribution in [0.15, 0.2) is 47.4 Å². The number of nitrogens with zero attached hydrogens (tertiary/aromatic N) is 2. The maximum absolute atomic E-state index is 13.2. The summed E-state index contributed by atoms with van der Waals surface area (Å²) in [7, 11) is -1.04. The Labute approximate surface area is 206 Å². The van der Waals surface area contributed by atoms with E-state index < -0.39 is 27.8 Å². The molecule has 1 unspecified atom stereocenters. The number of hydrogen-bond acceptors (Lipinski definition) is 5. The molecule has 8 nitrogen and oxygen atoms in total. The number of benzene rings is 2. The molecule has 35 heavy (non-hydrogen) atoms. The average molecular weight is 490 g/mol. The van der Waals surface area contributed by atoms with E-state index in [1.807, 2.05) is 42.5 Å². The van der Waals surface area contributed by atoms with Gasteiger partial charge in [0.25, 0.3) is 5.91 Å². The van der Waals surface area contributed by atoms with Crippen molar-refractivity contribution in [3.05, 3.63) is 48.3 Å². The zero-order valence-electron chi connectivity index (χ0n) is 19.5. The summed E-state index contributed by atoms with van der Waals surface area (Å²) in [4.78, 5) is 34.7. The van der Waals surface area contributed by atoms with Crippen LogP contribution in [0.2, 0.25) is 0 Å². The Morgan fingerprint density at radius 2 is 1.69 bits per heavy atom. The Kier molecular flexibility index (Phi) is 5.93. The van der Waals surface area contributed by atoms with E-state index in [0.29, 0.717) is 36.7 Å². The number of H-pyrrole nitrogens is 1. The van der Waals surface area contributed by atoms with Gasteiger partial charge in [-0.2, -0.15) is 5.26 Å². The molecule has 2 aliphatic carbocycles. The molecule has 1 aromatic heterocycles. The van der Waals surface area contributed by atoms with Gasteiger partial charge in [0.05, 0.1) is 17.1 Å². The van der Waals surface area contributed by atoms with Crippen molar-refractivity contribution in [1.29, 1.82) is 5.26 Å². The lowest BCUT2D eigenvalue weighted by Gasteiger charge is -2.37. The molecule has 0 saturated heterocycles. The first-order valence-electron chi connectivity index (χ1n) is 11.8. The molecule has 2 saturated carbocycles. The van der Waals surface area contributed by atoms with E-state index in [4.69, 9.17) is 0 Å². The van der Waals surface area contributed by atoms with Crippen LogP contribution in [0.1, 0.15) is 55.6 Å². The van der Waals surface area contributed by atoms with Gasteiger partial charge in [0.1, 0.15) is 11.1 Å². The quantitative estimate of drug-likeness (QED) is 0.488. The monoisotopic (exact) mass is 489 g/mol. The van der Waals surface area contributed by atoms with E-state index in [0.717, 1.165) is 35.3 Å². The fourth-order valence-corrected chi connectivity index (χ4v) is 5.22. The normalized spacial score (nSPS) is 18.9. The molecule has 2 aliphatic rings. The SMILES string of the molecule is CS(=O)c1ccc(-c2ccc3nc(C(=O)NC4(C(=O)NC5(C#N)CC5)CCCCC4)[nH]c3c2)cc1. The summed E-state index contributed by atoms with van der Waals surface area (Å²) in [5.41, 5.74) is 1.44. The molecular weight excluding hydrogens is 462 g/mol. The van der Waals surface area contributed by atoms with Gasteiger partial charge in [-0.05, 0) is 61.1 Å². The third-order valence-corrected chi connectivity index (χ3v) is 7.96. The van der Waals surface area contributed by atoms with Crippen LogP contribution < -0.4 is 10.6 Å². The summed E-state index contributed by atoms with van der Waals surface area (Å²) in [6, 6.07) is 15.4. The standard InChI is InChI=1S/C26H27N5O3S/c1-35(34)19-8-5-17(6-9-19)18-7-10-20-21(15-18)29-22(28-20)23(32)30-26(11-3-2-4-12-26)24(33)31-25(16-27)13-14-25/h5-10,15H,2-4,11-14H2,1H3,(H,28,29)(H,30,32)(H,31,33). The van der Waals surface area contributed by atoms with Gasteiger partial charge in [0.15, 0.2) is 5.82 Å². The molecule has 180 valence electrons. The second-order valence-corrected chi connectivity index (χ2v) is 10.9. The Hall–Kier alpha value is -3.51. The van der Waals surface area contributed by atoms with Gasteiger partial charge in [-0.25, -0.2) is 4.98 Å². The van der Waals surface area contributed by atoms with Crippen molar-refractivity contribution in [3.8, 4) is 17.2 Å². The zero-order chi connectivity index (χ0) is 24.6. The largest absolute Gasteiger partial charge is 0.336 e. The van der Waals surface area contributed by atoms with Crippen molar-refractivity contribution in [1.82, 2.24) is 20.6 Å². The first-order valence-corrected chi connectivity index (χ1v) is 13.4. The number of aromatic amines is 1. The van der Waals surface area contributed by atoms with Crippen LogP contribution in [-0.4, -0.2) is 43.3 Å². The number of fused-ring (bicyclic) bond motifs is 1. The lowest BCUT2D eigenvalue weighted by Crippen LogP contribution is -2.61. The van der Waals surface area contributed by atoms with Gasteiger partial charge in [-0.15, -0.1) is 0 Å². The summed E-state index contributed by atoms with van der Waals surface area (Å²) >= 11 is 0. The first-order chi connectivity index (χ1) is 16.8. The van der Waals surface area contributed by atoms with Gasteiger partial charge in [0.2, 0.25) is 5.91 Å². The van der Waals surface area contributed by atoms with Crippen LogP contribution in [0, 0.1) is 11.3 Å². The summed E-state index contributed by atoms with van der Waals surface area (Å²) in [5, 5.41) is 15.2. The predicted molar refractivity (Wildman–Crippen MR) is 133 cm³/mol. The predicted octanol–water partition coefficient (Wildman–Crippen LogP) is 3.57. The molecule has 3 aromatic rings. The number of hydrogen-bond donors (Lipinski definition) is 3. The minimum atomic E-state index is -1.04. The molecule has 3 N–H and O–H groups in total. The van der Waals surface area contributed by atoms with Crippen molar-refractivity contribution in [2.45, 2.75) is 60.9 Å². The average Bonchev–Trinajstić information content (AvgIpc) is 3.51. The second kappa shape index (κ2) is 8.93. The maximum Gasteiger partial charge on any atom is 0.287 e. The van der Waals surface area contributed by atoms with E-state index in [1.54, 1.807) is 6.26 Å². The second-order valence-electron chi connectivity index (χ2n) is 9.54. The minimum Gasteiger partial charge on any atom is -0.336 e. The number of carbonyl (C=O) groups is 2. The molecule has 9 heteroatoms. The smallest absolute Gasteiger partial charge is 0.287 e. The van der Waals surface area contributed by atoms with Crippen molar-refractivity contribution < 1.29 is 13.8 Å². The third kappa shape index (κ3) is 4.58. The first kappa shape index (κ1) is 23.2. The molecule has 1 heterocycles. The number of amides is 2. The summed E-state index contributed by atoms with van der Waals surface area (Å²) in [6.45, 7) is 0. The third-order valence-electron chi connectivity index (χ3n) is 7.03. The molecule has 0 bridgehead atoms. The topological polar surface area (TPSA) is 128 Å². The highest BCUT2D eigenvalue weighted by Gasteiger charge is 2.50. The van der Waals surface area contributed by atoms with Crippen molar-refractivity contribution in [2.24, 2.45) is 0 Å². The number of imidazole rings is 1. The summed E-state index contributed by atoms with van der Waals surface area (Å²) in [5.74, 6) is -0.566. The molecular formula is C26H27N5O3S. The number of carbonyl (C=O) groups excluding carboxylic acids is 2. The highest BCUT2D eigenvalue weighted by atomic mass is 32.2. The van der Waals surface area contributed by atoms with E-state index in [2.05, 4.69) is 26.7 Å². The molecule has 2 amide bonds. The summed E-state index contributed by atoms with van der Waals surface area (Å²) in [6.07, 6.45) is 6.68. The van der Waals surface area contributed by atoms with E-state index in [-0.39, 0.29) is 11.7 Å². The van der Waals surface area contributed by atoms with Crippen LogP contribution in [-0.2, 0) is 15.6 Å². The van der Waals surface area contributed by atoms with E-state index >= 15 is 0 Å². The molecule has 5 rings (SSSR count). The summed E-state index contributed by atoms with van der Waals surface area (Å²) < 4.78 is 11.6. The Morgan fingerprint density at radius 1 is 1.00 bits per heavy atom. The van der Waals surface area contributed by atoms with Crippen LogP contribution >= 0.6 is 0 Å². The zero-order valence-corrected chi connectivity index (χ0v) is 20.3. The lowest BCUT2D eigenvalue weighted by molar-refractivity contribution is -0.129. The number of rotatable bonds is 6. The molecule has 2 aromatic carbocycles. The fraction of sp³-hybridized carbons (Fsp3) is 0.385. The van der Waals surface area contributed by atoms with Crippen LogP contribution in [0.3, 0.4) is 0 Å². The molecule has 0 spiro atoms. The van der Waals surface area contributed by atoms with Gasteiger partial charge in [-0.1, -0.05) is 37.5 Å². The minimum absolute atomic E-state index is 0.146. The number of nitrogens with one attached hydrogen (secondary N) is 3. The van der Waals surface area contributed by atoms with Gasteiger partial charge < -0.3 is 15.6 Å². The van der Waals surface area contributed by atoms with Crippen LogP contribution in [0.5, 0.6) is 0 Å². The van der Waals surface area contributed by atoms with Crippen LogP contribution in [0.4, 0.5) is 0 Å². The number of nitriles is 1. The number of aromatic nitrogens is 2. The lowest BCUT2D eigenvalue weighted by atomic mass is 9.80. The highest BCUT2D eigenvalue weighted by Crippen LogP contribution is 2.37.